The number of rotatable bonds is 13. The highest BCUT2D eigenvalue weighted by Gasteiger charge is 2.41. The summed E-state index contributed by atoms with van der Waals surface area (Å²) < 4.78 is 11.1. The highest BCUT2D eigenvalue weighted by molar-refractivity contribution is 6.00. The molecule has 1 unspecified atom stereocenters. The van der Waals surface area contributed by atoms with Gasteiger partial charge in [-0.2, -0.15) is 0 Å². The van der Waals surface area contributed by atoms with Gasteiger partial charge < -0.3 is 25.0 Å². The summed E-state index contributed by atoms with van der Waals surface area (Å²) in [5, 5.41) is 34.8. The highest BCUT2D eigenvalue weighted by atomic mass is 16.6. The molecule has 0 aromatic heterocycles. The minimum atomic E-state index is -1.69. The lowest BCUT2D eigenvalue weighted by Gasteiger charge is -2.35. The fourth-order valence-electron chi connectivity index (χ4n) is 4.84. The van der Waals surface area contributed by atoms with E-state index < -0.39 is 34.5 Å². The van der Waals surface area contributed by atoms with Crippen LogP contribution in [0.25, 0.3) is 0 Å². The third-order valence-electron chi connectivity index (χ3n) is 6.59. The van der Waals surface area contributed by atoms with E-state index in [2.05, 4.69) is 5.32 Å². The van der Waals surface area contributed by atoms with E-state index in [1.807, 2.05) is 20.8 Å². The van der Waals surface area contributed by atoms with Crippen LogP contribution in [0.1, 0.15) is 78.2 Å². The molecule has 1 heterocycles. The van der Waals surface area contributed by atoms with Crippen molar-refractivity contribution in [3.05, 3.63) is 62.5 Å². The Kier molecular flexibility index (Phi) is 10.8. The molecule has 3 N–H and O–H groups in total. The number of non-ortho nitro benzene ring substituents is 1. The number of esters is 2. The molecule has 1 aliphatic rings. The minimum absolute atomic E-state index is 0.101. The average Bonchev–Trinajstić information content (AvgIpc) is 2.85. The molecule has 0 spiro atoms. The van der Waals surface area contributed by atoms with Gasteiger partial charge in [0, 0.05) is 23.5 Å². The van der Waals surface area contributed by atoms with Gasteiger partial charge in [-0.25, -0.2) is 9.59 Å². The number of aliphatic hydroxyl groups excluding tert-OH is 1. The number of nitro groups is 1. The first-order valence-electron chi connectivity index (χ1n) is 12.7. The molecule has 1 aromatic carbocycles. The van der Waals surface area contributed by atoms with Gasteiger partial charge in [0.15, 0.2) is 6.29 Å². The topological polar surface area (TPSA) is 148 Å². The number of nitrogens with zero attached hydrogens (tertiary/aromatic N) is 1. The number of dihydropyridines is 1. The van der Waals surface area contributed by atoms with Crippen molar-refractivity contribution in [2.45, 2.75) is 78.9 Å². The van der Waals surface area contributed by atoms with Crippen molar-refractivity contribution in [1.82, 2.24) is 5.32 Å². The number of nitro benzene ring substituents is 1. The maximum atomic E-state index is 13.6. The second-order valence-corrected chi connectivity index (χ2v) is 9.44. The summed E-state index contributed by atoms with van der Waals surface area (Å²) in [7, 11) is 0. The van der Waals surface area contributed by atoms with Gasteiger partial charge in [-0.05, 0) is 38.7 Å². The molecule has 0 radical (unpaired) electrons. The number of ether oxygens (including phenoxy) is 2. The number of nitrogens with one attached hydrogen (secondary N) is 1. The van der Waals surface area contributed by atoms with Crippen LogP contribution in [0, 0.1) is 15.5 Å². The van der Waals surface area contributed by atoms with E-state index in [1.165, 1.54) is 18.2 Å². The lowest BCUT2D eigenvalue weighted by Crippen LogP contribution is -2.41. The van der Waals surface area contributed by atoms with E-state index in [-0.39, 0.29) is 30.0 Å². The predicted molar refractivity (Wildman–Crippen MR) is 137 cm³/mol. The smallest absolute Gasteiger partial charge is 0.336 e. The SMILES string of the molecule is CCCOC(=O)C1=C(C)NC(C)=C(C(=O)OCC(CCC)(CCC)C(O)O)C1c1cccc([N+](=O)[O-])c1. The molecular weight excluding hydrogens is 480 g/mol. The molecule has 1 atom stereocenters. The van der Waals surface area contributed by atoms with Crippen LogP contribution < -0.4 is 5.32 Å². The van der Waals surface area contributed by atoms with Crippen molar-refractivity contribution in [2.24, 2.45) is 5.41 Å². The Hall–Kier alpha value is -3.24. The lowest BCUT2D eigenvalue weighted by molar-refractivity contribution is -0.384. The number of carbonyl (C=O) groups is 2. The Morgan fingerprint density at radius 1 is 1.03 bits per heavy atom. The number of aliphatic hydroxyl groups is 2. The van der Waals surface area contributed by atoms with E-state index in [1.54, 1.807) is 19.9 Å². The Morgan fingerprint density at radius 2 is 1.59 bits per heavy atom. The molecule has 0 amide bonds. The standard InChI is InChI=1S/C27H38N2O8/c1-6-12-27(13-7-2,26(32)33)16-37-25(31)22-18(5)28-17(4)21(24(30)36-14-8-3)23(22)19-10-9-11-20(15-19)29(34)35/h9-11,15,23,26,28,32-33H,6-8,12-14,16H2,1-5H3. The summed E-state index contributed by atoms with van der Waals surface area (Å²) in [5.74, 6) is -2.38. The monoisotopic (exact) mass is 518 g/mol. The fraction of sp³-hybridized carbons (Fsp3) is 0.556. The van der Waals surface area contributed by atoms with Crippen LogP contribution in [-0.2, 0) is 19.1 Å². The second kappa shape index (κ2) is 13.3. The number of hydrogen-bond acceptors (Lipinski definition) is 9. The van der Waals surface area contributed by atoms with E-state index >= 15 is 0 Å². The average molecular weight is 519 g/mol. The van der Waals surface area contributed by atoms with Crippen molar-refractivity contribution in [3.8, 4) is 0 Å². The van der Waals surface area contributed by atoms with Gasteiger partial charge in [-0.1, -0.05) is 45.7 Å². The van der Waals surface area contributed by atoms with Crippen molar-refractivity contribution in [2.75, 3.05) is 13.2 Å². The third kappa shape index (κ3) is 6.95. The number of allylic oxidation sites excluding steroid dienone is 2. The molecule has 204 valence electrons. The van der Waals surface area contributed by atoms with Crippen molar-refractivity contribution >= 4 is 17.6 Å². The molecule has 10 heteroatoms. The van der Waals surface area contributed by atoms with Gasteiger partial charge in [-0.15, -0.1) is 0 Å². The van der Waals surface area contributed by atoms with E-state index in [0.717, 1.165) is 0 Å². The van der Waals surface area contributed by atoms with Gasteiger partial charge in [-0.3, -0.25) is 10.1 Å². The third-order valence-corrected chi connectivity index (χ3v) is 6.59. The molecule has 0 saturated carbocycles. The normalized spacial score (nSPS) is 16.1. The Morgan fingerprint density at radius 3 is 2.08 bits per heavy atom. The van der Waals surface area contributed by atoms with Crippen LogP contribution in [0.5, 0.6) is 0 Å². The van der Waals surface area contributed by atoms with Gasteiger partial charge in [0.05, 0.1) is 34.0 Å². The fourth-order valence-corrected chi connectivity index (χ4v) is 4.84. The first-order valence-corrected chi connectivity index (χ1v) is 12.7. The van der Waals surface area contributed by atoms with Crippen LogP contribution in [0.2, 0.25) is 0 Å². The zero-order valence-electron chi connectivity index (χ0n) is 22.2. The molecule has 0 saturated heterocycles. The summed E-state index contributed by atoms with van der Waals surface area (Å²) in [6.45, 7) is 8.94. The first kappa shape index (κ1) is 30.0. The zero-order chi connectivity index (χ0) is 27.8. The van der Waals surface area contributed by atoms with E-state index in [0.29, 0.717) is 49.1 Å². The van der Waals surface area contributed by atoms with Crippen molar-refractivity contribution in [3.63, 3.8) is 0 Å². The van der Waals surface area contributed by atoms with Crippen LogP contribution in [-0.4, -0.2) is 46.6 Å². The van der Waals surface area contributed by atoms with Crippen molar-refractivity contribution < 1.29 is 34.2 Å². The summed E-state index contributed by atoms with van der Waals surface area (Å²) in [6, 6.07) is 5.76. The first-order chi connectivity index (χ1) is 17.5. The van der Waals surface area contributed by atoms with Gasteiger partial charge in [0.1, 0.15) is 6.61 Å². The van der Waals surface area contributed by atoms with Crippen LogP contribution in [0.3, 0.4) is 0 Å². The molecule has 1 aromatic rings. The minimum Gasteiger partial charge on any atom is -0.462 e. The molecule has 0 aliphatic carbocycles. The summed E-state index contributed by atoms with van der Waals surface area (Å²) in [6.07, 6.45) is 1.09. The summed E-state index contributed by atoms with van der Waals surface area (Å²) >= 11 is 0. The summed E-state index contributed by atoms with van der Waals surface area (Å²) in [4.78, 5) is 37.6. The zero-order valence-corrected chi connectivity index (χ0v) is 22.2. The Balaban J connectivity index is 2.57. The summed E-state index contributed by atoms with van der Waals surface area (Å²) in [5.41, 5.74) is 0.279. The Labute approximate surface area is 217 Å². The van der Waals surface area contributed by atoms with E-state index in [9.17, 15) is 29.9 Å². The lowest BCUT2D eigenvalue weighted by atomic mass is 9.78. The highest BCUT2D eigenvalue weighted by Crippen LogP contribution is 2.41. The molecule has 0 bridgehead atoms. The molecule has 2 rings (SSSR count). The quantitative estimate of drug-likeness (QED) is 0.151. The molecule has 0 fully saturated rings. The van der Waals surface area contributed by atoms with Gasteiger partial charge in [0.25, 0.3) is 5.69 Å². The molecule has 1 aliphatic heterocycles. The number of hydrogen-bond donors (Lipinski definition) is 3. The van der Waals surface area contributed by atoms with Crippen molar-refractivity contribution in [1.29, 1.82) is 0 Å². The van der Waals surface area contributed by atoms with Gasteiger partial charge >= 0.3 is 11.9 Å². The maximum absolute atomic E-state index is 13.6. The van der Waals surface area contributed by atoms with Crippen LogP contribution in [0.4, 0.5) is 5.69 Å². The Bertz CT molecular complexity index is 1050. The van der Waals surface area contributed by atoms with Gasteiger partial charge in [0.2, 0.25) is 0 Å². The van der Waals surface area contributed by atoms with E-state index in [4.69, 9.17) is 9.47 Å². The largest absolute Gasteiger partial charge is 0.462 e. The maximum Gasteiger partial charge on any atom is 0.336 e. The second-order valence-electron chi connectivity index (χ2n) is 9.44. The predicted octanol–water partition coefficient (Wildman–Crippen LogP) is 4.22. The number of carbonyl (C=O) groups excluding carboxylic acids is 2. The van der Waals surface area contributed by atoms with Crippen LogP contribution in [0.15, 0.2) is 46.8 Å². The van der Waals surface area contributed by atoms with Crippen LogP contribution >= 0.6 is 0 Å². The number of benzene rings is 1. The molecule has 10 nitrogen and oxygen atoms in total. The molecular formula is C27H38N2O8. The molecule has 37 heavy (non-hydrogen) atoms.